The molecule has 5 heteroatoms. The summed E-state index contributed by atoms with van der Waals surface area (Å²) in [6.07, 6.45) is 8.02. The van der Waals surface area contributed by atoms with E-state index in [4.69, 9.17) is 21.1 Å². The number of hydrogen-bond donors (Lipinski definition) is 1. The average Bonchev–Trinajstić information content (AvgIpc) is 2.95. The van der Waals surface area contributed by atoms with E-state index in [1.807, 2.05) is 30.3 Å². The van der Waals surface area contributed by atoms with Gasteiger partial charge in [-0.25, -0.2) is 0 Å². The van der Waals surface area contributed by atoms with Crippen LogP contribution in [0.4, 0.5) is 0 Å². The summed E-state index contributed by atoms with van der Waals surface area (Å²) in [5.41, 5.74) is 2.19. The van der Waals surface area contributed by atoms with Crippen LogP contribution in [0.1, 0.15) is 49.7 Å². The molecule has 3 rings (SSSR count). The molecule has 0 aliphatic heterocycles. The Morgan fingerprint density at radius 3 is 2.44 bits per heavy atom. The van der Waals surface area contributed by atoms with Gasteiger partial charge >= 0.3 is 0 Å². The summed E-state index contributed by atoms with van der Waals surface area (Å²) in [5, 5.41) is 4.42. The van der Waals surface area contributed by atoms with Gasteiger partial charge in [-0.05, 0) is 36.6 Å². The van der Waals surface area contributed by atoms with Gasteiger partial charge < -0.3 is 14.8 Å². The van der Waals surface area contributed by atoms with Crippen molar-refractivity contribution in [2.45, 2.75) is 57.7 Å². The van der Waals surface area contributed by atoms with Gasteiger partial charge in [-0.15, -0.1) is 12.4 Å². The summed E-state index contributed by atoms with van der Waals surface area (Å²) in [6, 6.07) is 14.5. The molecule has 1 aliphatic carbocycles. The Labute approximate surface area is 173 Å². The molecule has 0 aromatic heterocycles. The second-order valence-electron chi connectivity index (χ2n) is 6.93. The lowest BCUT2D eigenvalue weighted by molar-refractivity contribution is 0.284. The third-order valence-corrected chi connectivity index (χ3v) is 5.39. The van der Waals surface area contributed by atoms with E-state index in [0.29, 0.717) is 12.6 Å². The molecule has 1 aliphatic rings. The van der Waals surface area contributed by atoms with Gasteiger partial charge in [-0.1, -0.05) is 61.5 Å². The minimum Gasteiger partial charge on any atom is -0.493 e. The fourth-order valence-corrected chi connectivity index (χ4v) is 3.65. The van der Waals surface area contributed by atoms with E-state index in [0.717, 1.165) is 28.6 Å². The van der Waals surface area contributed by atoms with Crippen LogP contribution in [0.3, 0.4) is 0 Å². The first-order valence-corrected chi connectivity index (χ1v) is 9.90. The minimum absolute atomic E-state index is 0. The number of ether oxygens (including phenoxy) is 2. The first kappa shape index (κ1) is 21.9. The highest BCUT2D eigenvalue weighted by Gasteiger charge is 2.12. The molecular weight excluding hydrogens is 381 g/mol. The predicted molar refractivity (Wildman–Crippen MR) is 114 cm³/mol. The number of hydrogen-bond acceptors (Lipinski definition) is 3. The Morgan fingerprint density at radius 2 is 1.74 bits per heavy atom. The van der Waals surface area contributed by atoms with Gasteiger partial charge in [0, 0.05) is 23.2 Å². The van der Waals surface area contributed by atoms with Crippen LogP contribution < -0.4 is 14.8 Å². The van der Waals surface area contributed by atoms with E-state index in [1.165, 1.54) is 44.1 Å². The summed E-state index contributed by atoms with van der Waals surface area (Å²) in [4.78, 5) is 0. The second kappa shape index (κ2) is 11.4. The molecule has 0 unspecified atom stereocenters. The molecule has 1 N–H and O–H groups in total. The lowest BCUT2D eigenvalue weighted by atomic mass is 10.1. The maximum absolute atomic E-state index is 6.20. The summed E-state index contributed by atoms with van der Waals surface area (Å²) in [6.45, 7) is 1.29. The SMILES string of the molecule is COc1cc(CNC2CCCCCC2)ccc1OCc1ccccc1Cl.Cl. The van der Waals surface area contributed by atoms with Crippen molar-refractivity contribution in [3.63, 3.8) is 0 Å². The molecule has 0 bridgehead atoms. The van der Waals surface area contributed by atoms with Crippen molar-refractivity contribution in [2.24, 2.45) is 0 Å². The highest BCUT2D eigenvalue weighted by Crippen LogP contribution is 2.30. The molecule has 2 aromatic rings. The molecular formula is C22H29Cl2NO2. The number of halogens is 2. The topological polar surface area (TPSA) is 30.5 Å². The monoisotopic (exact) mass is 409 g/mol. The molecule has 0 atom stereocenters. The standard InChI is InChI=1S/C22H28ClNO2.ClH/c1-25-22-14-17(15-24-19-9-4-2-3-5-10-19)12-13-21(22)26-16-18-8-6-7-11-20(18)23;/h6-8,11-14,19,24H,2-5,9-10,15-16H2,1H3;1H. The molecule has 0 saturated heterocycles. The maximum Gasteiger partial charge on any atom is 0.161 e. The number of methoxy groups -OCH3 is 1. The van der Waals surface area contributed by atoms with E-state index in [9.17, 15) is 0 Å². The largest absolute Gasteiger partial charge is 0.493 e. The Bertz CT molecular complexity index is 700. The van der Waals surface area contributed by atoms with Crippen molar-refractivity contribution in [1.82, 2.24) is 5.32 Å². The third-order valence-electron chi connectivity index (χ3n) is 5.02. The van der Waals surface area contributed by atoms with Gasteiger partial charge in [0.05, 0.1) is 7.11 Å². The number of nitrogens with one attached hydrogen (secondary N) is 1. The van der Waals surface area contributed by atoms with Gasteiger partial charge in [-0.3, -0.25) is 0 Å². The summed E-state index contributed by atoms with van der Waals surface area (Å²) in [5.74, 6) is 1.50. The number of rotatable bonds is 7. The van der Waals surface area contributed by atoms with E-state index in [2.05, 4.69) is 17.4 Å². The first-order chi connectivity index (χ1) is 12.8. The summed E-state index contributed by atoms with van der Waals surface area (Å²) >= 11 is 6.20. The molecule has 0 spiro atoms. The van der Waals surface area contributed by atoms with E-state index < -0.39 is 0 Å². The van der Waals surface area contributed by atoms with Crippen molar-refractivity contribution in [3.05, 3.63) is 58.6 Å². The zero-order valence-corrected chi connectivity index (χ0v) is 17.5. The molecule has 1 saturated carbocycles. The molecule has 0 radical (unpaired) electrons. The second-order valence-corrected chi connectivity index (χ2v) is 7.34. The average molecular weight is 410 g/mol. The number of benzene rings is 2. The maximum atomic E-state index is 6.20. The molecule has 1 fully saturated rings. The summed E-state index contributed by atoms with van der Waals surface area (Å²) in [7, 11) is 1.68. The predicted octanol–water partition coefficient (Wildman–Crippen LogP) is 6.16. The Hall–Kier alpha value is -1.42. The Morgan fingerprint density at radius 1 is 1.00 bits per heavy atom. The third kappa shape index (κ3) is 6.60. The van der Waals surface area contributed by atoms with Crippen molar-refractivity contribution in [1.29, 1.82) is 0 Å². The highest BCUT2D eigenvalue weighted by atomic mass is 35.5. The van der Waals surface area contributed by atoms with Gasteiger partial charge in [0.15, 0.2) is 11.5 Å². The molecule has 2 aromatic carbocycles. The smallest absolute Gasteiger partial charge is 0.161 e. The lowest BCUT2D eigenvalue weighted by Crippen LogP contribution is -2.27. The van der Waals surface area contributed by atoms with Crippen LogP contribution in [0.25, 0.3) is 0 Å². The zero-order chi connectivity index (χ0) is 18.2. The van der Waals surface area contributed by atoms with Gasteiger partial charge in [0.1, 0.15) is 6.61 Å². The van der Waals surface area contributed by atoms with Crippen LogP contribution in [-0.4, -0.2) is 13.2 Å². The molecule has 27 heavy (non-hydrogen) atoms. The molecule has 0 heterocycles. The molecule has 148 valence electrons. The van der Waals surface area contributed by atoms with E-state index in [-0.39, 0.29) is 12.4 Å². The fourth-order valence-electron chi connectivity index (χ4n) is 3.46. The van der Waals surface area contributed by atoms with Gasteiger partial charge in [0.25, 0.3) is 0 Å². The molecule has 0 amide bonds. The Balaban J connectivity index is 0.00000261. The Kier molecular flexibility index (Phi) is 9.26. The van der Waals surface area contributed by atoms with Crippen molar-refractivity contribution < 1.29 is 9.47 Å². The van der Waals surface area contributed by atoms with Crippen LogP contribution >= 0.6 is 24.0 Å². The minimum atomic E-state index is 0. The van der Waals surface area contributed by atoms with Crippen molar-refractivity contribution in [3.8, 4) is 11.5 Å². The first-order valence-electron chi connectivity index (χ1n) is 9.53. The van der Waals surface area contributed by atoms with Crippen molar-refractivity contribution in [2.75, 3.05) is 7.11 Å². The quantitative estimate of drug-likeness (QED) is 0.555. The molecule has 3 nitrogen and oxygen atoms in total. The fraction of sp³-hybridized carbons (Fsp3) is 0.455. The van der Waals surface area contributed by atoms with Crippen LogP contribution in [0.5, 0.6) is 11.5 Å². The van der Waals surface area contributed by atoms with Crippen LogP contribution in [0, 0.1) is 0 Å². The van der Waals surface area contributed by atoms with E-state index >= 15 is 0 Å². The van der Waals surface area contributed by atoms with Crippen LogP contribution in [0.2, 0.25) is 5.02 Å². The van der Waals surface area contributed by atoms with Crippen molar-refractivity contribution >= 4 is 24.0 Å². The van der Waals surface area contributed by atoms with Gasteiger partial charge in [-0.2, -0.15) is 0 Å². The van der Waals surface area contributed by atoms with Crippen LogP contribution in [-0.2, 0) is 13.2 Å². The lowest BCUT2D eigenvalue weighted by Gasteiger charge is -2.17. The zero-order valence-electron chi connectivity index (χ0n) is 15.9. The highest BCUT2D eigenvalue weighted by molar-refractivity contribution is 6.31. The normalized spacial score (nSPS) is 14.9. The van der Waals surface area contributed by atoms with Gasteiger partial charge in [0.2, 0.25) is 0 Å². The van der Waals surface area contributed by atoms with E-state index in [1.54, 1.807) is 7.11 Å². The van der Waals surface area contributed by atoms with Crippen LogP contribution in [0.15, 0.2) is 42.5 Å². The summed E-state index contributed by atoms with van der Waals surface area (Å²) < 4.78 is 11.5.